The normalized spacial score (nSPS) is 12.6. The van der Waals surface area contributed by atoms with Gasteiger partial charge in [-0.3, -0.25) is 4.68 Å². The van der Waals surface area contributed by atoms with Gasteiger partial charge in [-0.25, -0.2) is 4.99 Å². The monoisotopic (exact) mass is 339 g/mol. The molecule has 0 aliphatic carbocycles. The lowest BCUT2D eigenvalue weighted by Gasteiger charge is -2.23. The van der Waals surface area contributed by atoms with Crippen LogP contribution in [-0.4, -0.2) is 39.8 Å². The van der Waals surface area contributed by atoms with Gasteiger partial charge in [-0.15, -0.1) is 0 Å². The first kappa shape index (κ1) is 19.9. The Kier molecular flexibility index (Phi) is 7.95. The molecule has 0 amide bonds. The summed E-state index contributed by atoms with van der Waals surface area (Å²) >= 11 is 1.86. The predicted molar refractivity (Wildman–Crippen MR) is 102 cm³/mol. The van der Waals surface area contributed by atoms with Crippen LogP contribution >= 0.6 is 11.8 Å². The molecule has 0 aliphatic heterocycles. The van der Waals surface area contributed by atoms with Crippen LogP contribution in [0.25, 0.3) is 0 Å². The number of aliphatic imine (C=N–C) groups is 1. The van der Waals surface area contributed by atoms with Gasteiger partial charge in [-0.05, 0) is 39.9 Å². The Bertz CT molecular complexity index is 519. The third kappa shape index (κ3) is 5.75. The third-order valence-electron chi connectivity index (χ3n) is 4.00. The second kappa shape index (κ2) is 9.21. The van der Waals surface area contributed by atoms with Crippen LogP contribution in [0, 0.1) is 0 Å². The van der Waals surface area contributed by atoms with E-state index in [4.69, 9.17) is 4.99 Å². The van der Waals surface area contributed by atoms with Crippen molar-refractivity contribution >= 4 is 17.7 Å². The zero-order valence-corrected chi connectivity index (χ0v) is 16.6. The van der Waals surface area contributed by atoms with Gasteiger partial charge in [0.05, 0.1) is 12.2 Å². The Labute approximate surface area is 145 Å². The van der Waals surface area contributed by atoms with E-state index in [1.165, 1.54) is 11.3 Å². The van der Waals surface area contributed by atoms with E-state index in [0.29, 0.717) is 6.54 Å². The van der Waals surface area contributed by atoms with E-state index >= 15 is 0 Å². The first-order valence-corrected chi connectivity index (χ1v) is 9.71. The molecule has 0 aliphatic rings. The standard InChI is InChI=1S/C17H33N5S/c1-8-14-13(15(9-2)22(6)21-14)11-19-16(18-10-3)20-12-17(4,5)23-7/h8-12H2,1-7H3,(H2,18,19,20). The van der Waals surface area contributed by atoms with Crippen LogP contribution in [0.3, 0.4) is 0 Å². The fourth-order valence-electron chi connectivity index (χ4n) is 2.44. The molecular weight excluding hydrogens is 306 g/mol. The minimum atomic E-state index is 0.188. The molecule has 0 unspecified atom stereocenters. The molecule has 1 rings (SSSR count). The predicted octanol–water partition coefficient (Wildman–Crippen LogP) is 2.74. The van der Waals surface area contributed by atoms with Gasteiger partial charge in [-0.1, -0.05) is 13.8 Å². The molecule has 0 spiro atoms. The minimum Gasteiger partial charge on any atom is -0.357 e. The minimum absolute atomic E-state index is 0.188. The zero-order valence-electron chi connectivity index (χ0n) is 15.8. The van der Waals surface area contributed by atoms with Crippen molar-refractivity contribution in [2.45, 2.75) is 58.8 Å². The molecule has 23 heavy (non-hydrogen) atoms. The number of nitrogens with one attached hydrogen (secondary N) is 2. The molecule has 1 aromatic rings. The van der Waals surface area contributed by atoms with E-state index in [-0.39, 0.29) is 4.75 Å². The summed E-state index contributed by atoms with van der Waals surface area (Å²) in [4.78, 5) is 4.78. The number of thioether (sulfide) groups is 1. The fourth-order valence-corrected chi connectivity index (χ4v) is 2.66. The van der Waals surface area contributed by atoms with Crippen LogP contribution in [0.5, 0.6) is 0 Å². The van der Waals surface area contributed by atoms with E-state index in [9.17, 15) is 0 Å². The van der Waals surface area contributed by atoms with Gasteiger partial charge < -0.3 is 10.6 Å². The topological polar surface area (TPSA) is 54.2 Å². The Morgan fingerprint density at radius 2 is 1.91 bits per heavy atom. The smallest absolute Gasteiger partial charge is 0.191 e. The molecule has 1 heterocycles. The summed E-state index contributed by atoms with van der Waals surface area (Å²) in [5.74, 6) is 0.877. The maximum atomic E-state index is 4.78. The number of nitrogens with zero attached hydrogens (tertiary/aromatic N) is 3. The summed E-state index contributed by atoms with van der Waals surface area (Å²) < 4.78 is 2.19. The van der Waals surface area contributed by atoms with E-state index in [1.54, 1.807) is 0 Å². The first-order valence-electron chi connectivity index (χ1n) is 8.49. The zero-order chi connectivity index (χ0) is 17.5. The van der Waals surface area contributed by atoms with Crippen LogP contribution in [0.4, 0.5) is 0 Å². The molecule has 0 aromatic carbocycles. The van der Waals surface area contributed by atoms with Gasteiger partial charge in [0, 0.05) is 36.1 Å². The summed E-state index contributed by atoms with van der Waals surface area (Å²) in [6, 6.07) is 0. The number of aryl methyl sites for hydroxylation is 2. The Morgan fingerprint density at radius 3 is 2.43 bits per heavy atom. The van der Waals surface area contributed by atoms with Gasteiger partial charge in [-0.2, -0.15) is 16.9 Å². The number of hydrogen-bond acceptors (Lipinski definition) is 3. The van der Waals surface area contributed by atoms with Crippen LogP contribution in [0.15, 0.2) is 4.99 Å². The molecule has 0 bridgehead atoms. The quantitative estimate of drug-likeness (QED) is 0.565. The number of rotatable bonds is 8. The van der Waals surface area contributed by atoms with Crippen molar-refractivity contribution in [2.24, 2.45) is 12.0 Å². The van der Waals surface area contributed by atoms with Crippen molar-refractivity contribution in [3.05, 3.63) is 17.0 Å². The Hall–Kier alpha value is -1.17. The lowest BCUT2D eigenvalue weighted by molar-refractivity contribution is 0.664. The van der Waals surface area contributed by atoms with Gasteiger partial charge in [0.15, 0.2) is 5.96 Å². The van der Waals surface area contributed by atoms with E-state index in [0.717, 1.165) is 37.6 Å². The molecule has 0 saturated heterocycles. The van der Waals surface area contributed by atoms with Crippen molar-refractivity contribution in [1.29, 1.82) is 0 Å². The summed E-state index contributed by atoms with van der Waals surface area (Å²) in [6.07, 6.45) is 4.07. The lowest BCUT2D eigenvalue weighted by atomic mass is 10.1. The van der Waals surface area contributed by atoms with E-state index in [1.807, 2.05) is 23.5 Å². The highest BCUT2D eigenvalue weighted by Gasteiger charge is 2.17. The summed E-state index contributed by atoms with van der Waals surface area (Å²) in [6.45, 7) is 13.3. The molecule has 6 heteroatoms. The maximum absolute atomic E-state index is 4.78. The van der Waals surface area contributed by atoms with E-state index < -0.39 is 0 Å². The van der Waals surface area contributed by atoms with Gasteiger partial charge in [0.1, 0.15) is 0 Å². The van der Waals surface area contributed by atoms with Crippen LogP contribution < -0.4 is 10.6 Å². The average Bonchev–Trinajstić information content (AvgIpc) is 2.85. The Morgan fingerprint density at radius 1 is 1.22 bits per heavy atom. The molecule has 0 fully saturated rings. The number of hydrogen-bond donors (Lipinski definition) is 2. The summed E-state index contributed by atoms with van der Waals surface area (Å²) in [5, 5.41) is 11.4. The number of guanidine groups is 1. The highest BCUT2D eigenvalue weighted by Crippen LogP contribution is 2.19. The summed E-state index contributed by atoms with van der Waals surface area (Å²) in [5.41, 5.74) is 3.72. The number of aromatic nitrogens is 2. The van der Waals surface area contributed by atoms with Gasteiger partial charge >= 0.3 is 0 Å². The maximum Gasteiger partial charge on any atom is 0.191 e. The second-order valence-electron chi connectivity index (χ2n) is 6.22. The summed E-state index contributed by atoms with van der Waals surface area (Å²) in [7, 11) is 2.02. The fraction of sp³-hybridized carbons (Fsp3) is 0.765. The van der Waals surface area contributed by atoms with E-state index in [2.05, 4.69) is 56.6 Å². The van der Waals surface area contributed by atoms with Gasteiger partial charge in [0.25, 0.3) is 0 Å². The molecule has 132 valence electrons. The molecule has 0 radical (unpaired) electrons. The van der Waals surface area contributed by atoms with Crippen molar-refractivity contribution in [3.63, 3.8) is 0 Å². The highest BCUT2D eigenvalue weighted by molar-refractivity contribution is 7.99. The van der Waals surface area contributed by atoms with Crippen LogP contribution in [0.1, 0.15) is 51.6 Å². The van der Waals surface area contributed by atoms with Crippen molar-refractivity contribution in [1.82, 2.24) is 20.4 Å². The molecule has 2 N–H and O–H groups in total. The second-order valence-corrected chi connectivity index (χ2v) is 7.73. The Balaban J connectivity index is 2.89. The first-order chi connectivity index (χ1) is 10.9. The average molecular weight is 340 g/mol. The van der Waals surface area contributed by atoms with Crippen molar-refractivity contribution in [3.8, 4) is 0 Å². The molecule has 0 saturated carbocycles. The van der Waals surface area contributed by atoms with Crippen molar-refractivity contribution < 1.29 is 0 Å². The largest absolute Gasteiger partial charge is 0.357 e. The van der Waals surface area contributed by atoms with Crippen LogP contribution in [-0.2, 0) is 26.4 Å². The highest BCUT2D eigenvalue weighted by atomic mass is 32.2. The molecule has 0 atom stereocenters. The van der Waals surface area contributed by atoms with Crippen LogP contribution in [0.2, 0.25) is 0 Å². The molecule has 5 nitrogen and oxygen atoms in total. The van der Waals surface area contributed by atoms with Crippen molar-refractivity contribution in [2.75, 3.05) is 19.3 Å². The third-order valence-corrected chi connectivity index (χ3v) is 5.25. The lowest BCUT2D eigenvalue weighted by Crippen LogP contribution is -2.43. The molecular formula is C17H33N5S. The SMILES string of the molecule is CCNC(=NCc1c(CC)nn(C)c1CC)NCC(C)(C)SC. The molecule has 1 aromatic heterocycles. The van der Waals surface area contributed by atoms with Gasteiger partial charge in [0.2, 0.25) is 0 Å².